The summed E-state index contributed by atoms with van der Waals surface area (Å²) in [5, 5.41) is 0. The predicted octanol–water partition coefficient (Wildman–Crippen LogP) is 6.23. The minimum absolute atomic E-state index is 0.246. The van der Waals surface area contributed by atoms with Gasteiger partial charge in [0, 0.05) is 4.88 Å². The molecule has 0 amide bonds. The predicted molar refractivity (Wildman–Crippen MR) is 85.2 cm³/mol. The lowest BCUT2D eigenvalue weighted by Crippen LogP contribution is -1.91. The minimum Gasteiger partial charge on any atom is -0.127 e. The van der Waals surface area contributed by atoms with Gasteiger partial charge in [-0.15, -0.1) is 11.3 Å². The van der Waals surface area contributed by atoms with Gasteiger partial charge in [0.25, 0.3) is 0 Å². The van der Waals surface area contributed by atoms with E-state index in [2.05, 4.69) is 53.2 Å². The monoisotopic (exact) mass is 342 g/mol. The van der Waals surface area contributed by atoms with E-state index in [4.69, 9.17) is 11.6 Å². The minimum atomic E-state index is 0.246. The number of hydrogen-bond donors (Lipinski definition) is 0. The van der Waals surface area contributed by atoms with Crippen LogP contribution in [0.4, 0.5) is 0 Å². The Bertz CT molecular complexity index is 489. The van der Waals surface area contributed by atoms with Crippen molar-refractivity contribution in [2.24, 2.45) is 0 Å². The SMILES string of the molecule is CCCCc1ccc(C(Br)c2ccc(Cl)s2)cc1. The molecule has 18 heavy (non-hydrogen) atoms. The lowest BCUT2D eigenvalue weighted by atomic mass is 10.0. The molecule has 0 nitrogen and oxygen atoms in total. The van der Waals surface area contributed by atoms with Gasteiger partial charge in [0.1, 0.15) is 0 Å². The van der Waals surface area contributed by atoms with Crippen LogP contribution in [0, 0.1) is 0 Å². The van der Waals surface area contributed by atoms with Gasteiger partial charge in [0.05, 0.1) is 9.16 Å². The van der Waals surface area contributed by atoms with Crippen LogP contribution in [0.15, 0.2) is 36.4 Å². The summed E-state index contributed by atoms with van der Waals surface area (Å²) in [6.45, 7) is 2.23. The number of aryl methyl sites for hydroxylation is 1. The number of rotatable bonds is 5. The van der Waals surface area contributed by atoms with Gasteiger partial charge in [0.15, 0.2) is 0 Å². The molecule has 0 spiro atoms. The van der Waals surface area contributed by atoms with Crippen molar-refractivity contribution >= 4 is 38.9 Å². The molecule has 0 radical (unpaired) electrons. The molecule has 0 aliphatic rings. The number of hydrogen-bond acceptors (Lipinski definition) is 1. The van der Waals surface area contributed by atoms with Crippen LogP contribution in [0.2, 0.25) is 4.34 Å². The summed E-state index contributed by atoms with van der Waals surface area (Å²) in [5.74, 6) is 0. The molecule has 0 N–H and O–H groups in total. The van der Waals surface area contributed by atoms with E-state index in [1.807, 2.05) is 6.07 Å². The maximum Gasteiger partial charge on any atom is 0.0931 e. The highest BCUT2D eigenvalue weighted by Gasteiger charge is 2.12. The van der Waals surface area contributed by atoms with Crippen molar-refractivity contribution in [1.82, 2.24) is 0 Å². The van der Waals surface area contributed by atoms with Crippen LogP contribution >= 0.6 is 38.9 Å². The molecule has 96 valence electrons. The van der Waals surface area contributed by atoms with Crippen molar-refractivity contribution < 1.29 is 0 Å². The van der Waals surface area contributed by atoms with E-state index in [0.29, 0.717) is 0 Å². The van der Waals surface area contributed by atoms with E-state index in [-0.39, 0.29) is 4.83 Å². The fraction of sp³-hybridized carbons (Fsp3) is 0.333. The highest BCUT2D eigenvalue weighted by atomic mass is 79.9. The second kappa shape index (κ2) is 6.74. The summed E-state index contributed by atoms with van der Waals surface area (Å²) in [6, 6.07) is 12.9. The molecular weight excluding hydrogens is 328 g/mol. The number of unbranched alkanes of at least 4 members (excludes halogenated alkanes) is 1. The number of benzene rings is 1. The maximum atomic E-state index is 5.97. The number of alkyl halides is 1. The highest BCUT2D eigenvalue weighted by Crippen LogP contribution is 2.36. The zero-order chi connectivity index (χ0) is 13.0. The topological polar surface area (TPSA) is 0 Å². The zero-order valence-corrected chi connectivity index (χ0v) is 13.5. The third-order valence-corrected chi connectivity index (χ3v) is 5.56. The van der Waals surface area contributed by atoms with E-state index in [1.165, 1.54) is 35.3 Å². The second-order valence-electron chi connectivity index (χ2n) is 4.35. The van der Waals surface area contributed by atoms with Crippen LogP contribution in [0.25, 0.3) is 0 Å². The molecule has 0 fully saturated rings. The van der Waals surface area contributed by atoms with Gasteiger partial charge in [-0.1, -0.05) is 65.1 Å². The molecule has 0 aliphatic carbocycles. The molecule has 1 aromatic carbocycles. The van der Waals surface area contributed by atoms with Gasteiger partial charge >= 0.3 is 0 Å². The summed E-state index contributed by atoms with van der Waals surface area (Å²) in [7, 11) is 0. The van der Waals surface area contributed by atoms with E-state index in [1.54, 1.807) is 11.3 Å². The zero-order valence-electron chi connectivity index (χ0n) is 10.3. The first-order chi connectivity index (χ1) is 8.70. The smallest absolute Gasteiger partial charge is 0.0931 e. The Hall–Kier alpha value is -0.310. The largest absolute Gasteiger partial charge is 0.127 e. The normalized spacial score (nSPS) is 12.6. The maximum absolute atomic E-state index is 5.97. The molecule has 0 saturated carbocycles. The van der Waals surface area contributed by atoms with Gasteiger partial charge in [-0.05, 0) is 36.1 Å². The van der Waals surface area contributed by atoms with Crippen molar-refractivity contribution in [3.63, 3.8) is 0 Å². The number of halogens is 2. The van der Waals surface area contributed by atoms with Crippen LogP contribution in [-0.4, -0.2) is 0 Å². The van der Waals surface area contributed by atoms with E-state index >= 15 is 0 Å². The average molecular weight is 344 g/mol. The quantitative estimate of drug-likeness (QED) is 0.565. The van der Waals surface area contributed by atoms with Crippen molar-refractivity contribution in [3.8, 4) is 0 Å². The van der Waals surface area contributed by atoms with E-state index in [9.17, 15) is 0 Å². The molecule has 1 unspecified atom stereocenters. The number of thiophene rings is 1. The standard InChI is InChI=1S/C15H16BrClS/c1-2-3-4-11-5-7-12(8-6-11)15(16)13-9-10-14(17)18-13/h5-10,15H,2-4H2,1H3. The second-order valence-corrected chi connectivity index (χ2v) is 7.01. The lowest BCUT2D eigenvalue weighted by Gasteiger charge is -2.09. The molecule has 0 saturated heterocycles. The van der Waals surface area contributed by atoms with Crippen LogP contribution in [-0.2, 0) is 6.42 Å². The molecule has 0 bridgehead atoms. The Morgan fingerprint density at radius 3 is 2.44 bits per heavy atom. The summed E-state index contributed by atoms with van der Waals surface area (Å²) in [5.41, 5.74) is 2.71. The molecule has 0 aliphatic heterocycles. The molecule has 3 heteroatoms. The molecule has 2 aromatic rings. The fourth-order valence-electron chi connectivity index (χ4n) is 1.86. The molecular formula is C15H16BrClS. The van der Waals surface area contributed by atoms with Gasteiger partial charge < -0.3 is 0 Å². The Labute approximate surface area is 126 Å². The third kappa shape index (κ3) is 3.59. The molecule has 1 atom stereocenters. The Kier molecular flexibility index (Phi) is 5.28. The molecule has 1 heterocycles. The average Bonchev–Trinajstić information content (AvgIpc) is 2.83. The Morgan fingerprint density at radius 2 is 1.89 bits per heavy atom. The molecule has 2 rings (SSSR count). The first kappa shape index (κ1) is 14.1. The first-order valence-corrected chi connectivity index (χ1v) is 8.30. The van der Waals surface area contributed by atoms with Gasteiger partial charge in [-0.3, -0.25) is 0 Å². The summed E-state index contributed by atoms with van der Waals surface area (Å²) in [4.78, 5) is 1.50. The summed E-state index contributed by atoms with van der Waals surface area (Å²) >= 11 is 11.3. The summed E-state index contributed by atoms with van der Waals surface area (Å²) in [6.07, 6.45) is 3.68. The van der Waals surface area contributed by atoms with Crippen LogP contribution in [0.3, 0.4) is 0 Å². The van der Waals surface area contributed by atoms with E-state index in [0.717, 1.165) is 4.34 Å². The van der Waals surface area contributed by atoms with Crippen molar-refractivity contribution in [3.05, 3.63) is 56.7 Å². The summed E-state index contributed by atoms with van der Waals surface area (Å²) < 4.78 is 0.842. The van der Waals surface area contributed by atoms with Crippen molar-refractivity contribution in [2.45, 2.75) is 31.0 Å². The van der Waals surface area contributed by atoms with Gasteiger partial charge in [-0.2, -0.15) is 0 Å². The van der Waals surface area contributed by atoms with E-state index < -0.39 is 0 Å². The van der Waals surface area contributed by atoms with Crippen LogP contribution in [0.1, 0.15) is 40.6 Å². The lowest BCUT2D eigenvalue weighted by molar-refractivity contribution is 0.795. The Balaban J connectivity index is 2.09. The fourth-order valence-corrected chi connectivity index (χ4v) is 3.67. The van der Waals surface area contributed by atoms with Crippen molar-refractivity contribution in [1.29, 1.82) is 0 Å². The van der Waals surface area contributed by atoms with Crippen LogP contribution < -0.4 is 0 Å². The first-order valence-electron chi connectivity index (χ1n) is 6.19. The van der Waals surface area contributed by atoms with Crippen molar-refractivity contribution in [2.75, 3.05) is 0 Å². The molecule has 1 aromatic heterocycles. The highest BCUT2D eigenvalue weighted by molar-refractivity contribution is 9.09. The van der Waals surface area contributed by atoms with Crippen LogP contribution in [0.5, 0.6) is 0 Å². The third-order valence-electron chi connectivity index (χ3n) is 2.94. The van der Waals surface area contributed by atoms with Gasteiger partial charge in [-0.25, -0.2) is 0 Å². The Morgan fingerprint density at radius 1 is 1.17 bits per heavy atom. The van der Waals surface area contributed by atoms with Gasteiger partial charge in [0.2, 0.25) is 0 Å².